The Hall–Kier alpha value is -3.67. The van der Waals surface area contributed by atoms with Gasteiger partial charge in [0.05, 0.1) is 23.6 Å². The van der Waals surface area contributed by atoms with Crippen LogP contribution in [0.5, 0.6) is 5.75 Å². The highest BCUT2D eigenvalue weighted by Crippen LogP contribution is 2.55. The first kappa shape index (κ1) is 18.4. The standard InChI is InChI=1S/C24H20N2O4/c1-30-22-11-10-14(26(28)29)12-21(22)25-24(27)20-13-19-15-6-2-4-8-17(15)23(20)18-9-5-3-7-16(18)19/h2-12,19-20,23H,13H2,1H3,(H,25,27). The molecule has 1 amide bonds. The molecule has 0 fully saturated rings. The largest absolute Gasteiger partial charge is 0.495 e. The van der Waals surface area contributed by atoms with Crippen molar-refractivity contribution in [2.75, 3.05) is 12.4 Å². The Morgan fingerprint density at radius 3 is 2.17 bits per heavy atom. The topological polar surface area (TPSA) is 81.5 Å². The van der Waals surface area contributed by atoms with E-state index in [4.69, 9.17) is 4.74 Å². The molecule has 3 aromatic carbocycles. The molecule has 6 nitrogen and oxygen atoms in total. The summed E-state index contributed by atoms with van der Waals surface area (Å²) in [4.78, 5) is 24.1. The van der Waals surface area contributed by atoms with Crippen LogP contribution in [0.3, 0.4) is 0 Å². The molecule has 1 unspecified atom stereocenters. The fourth-order valence-electron chi connectivity index (χ4n) is 5.03. The van der Waals surface area contributed by atoms with Gasteiger partial charge in [-0.25, -0.2) is 0 Å². The predicted octanol–water partition coefficient (Wildman–Crippen LogP) is 4.84. The Balaban J connectivity index is 1.53. The SMILES string of the molecule is COc1ccc([N+](=O)[O-])cc1NC(=O)C1CC2c3ccccc3C1c1ccccc12. The molecule has 2 bridgehead atoms. The Morgan fingerprint density at radius 2 is 1.60 bits per heavy atom. The zero-order valence-electron chi connectivity index (χ0n) is 16.4. The summed E-state index contributed by atoms with van der Waals surface area (Å²) in [7, 11) is 1.48. The van der Waals surface area contributed by atoms with Gasteiger partial charge in [-0.3, -0.25) is 14.9 Å². The van der Waals surface area contributed by atoms with Gasteiger partial charge in [0.25, 0.3) is 5.69 Å². The summed E-state index contributed by atoms with van der Waals surface area (Å²) >= 11 is 0. The molecule has 6 heteroatoms. The lowest BCUT2D eigenvalue weighted by molar-refractivity contribution is -0.384. The van der Waals surface area contributed by atoms with E-state index >= 15 is 0 Å². The molecule has 6 rings (SSSR count). The van der Waals surface area contributed by atoms with Crippen molar-refractivity contribution in [3.05, 3.63) is 99.1 Å². The summed E-state index contributed by atoms with van der Waals surface area (Å²) in [5, 5.41) is 14.1. The van der Waals surface area contributed by atoms with Gasteiger partial charge >= 0.3 is 0 Å². The molecule has 0 aromatic heterocycles. The lowest BCUT2D eigenvalue weighted by Gasteiger charge is -2.44. The van der Waals surface area contributed by atoms with Gasteiger partial charge in [-0.2, -0.15) is 0 Å². The number of non-ortho nitro benzene ring substituents is 1. The summed E-state index contributed by atoms with van der Waals surface area (Å²) in [6.45, 7) is 0. The monoisotopic (exact) mass is 400 g/mol. The van der Waals surface area contributed by atoms with Crippen LogP contribution in [0, 0.1) is 16.0 Å². The average Bonchev–Trinajstić information content (AvgIpc) is 2.79. The van der Waals surface area contributed by atoms with E-state index in [-0.39, 0.29) is 29.3 Å². The highest BCUT2D eigenvalue weighted by molar-refractivity contribution is 5.96. The number of carbonyl (C=O) groups is 1. The number of hydrogen-bond acceptors (Lipinski definition) is 4. The second kappa shape index (κ2) is 6.99. The number of nitro benzene ring substituents is 1. The lowest BCUT2D eigenvalue weighted by atomic mass is 9.59. The van der Waals surface area contributed by atoms with E-state index in [2.05, 4.69) is 29.6 Å². The molecule has 3 aliphatic carbocycles. The fourth-order valence-corrected chi connectivity index (χ4v) is 5.03. The van der Waals surface area contributed by atoms with Crippen molar-refractivity contribution in [3.8, 4) is 5.75 Å². The van der Waals surface area contributed by atoms with Gasteiger partial charge in [0.2, 0.25) is 5.91 Å². The van der Waals surface area contributed by atoms with Crippen molar-refractivity contribution in [3.63, 3.8) is 0 Å². The summed E-state index contributed by atoms with van der Waals surface area (Å²) in [5.74, 6) is 0.129. The van der Waals surface area contributed by atoms with Crippen molar-refractivity contribution in [2.45, 2.75) is 18.3 Å². The van der Waals surface area contributed by atoms with Crippen LogP contribution in [0.4, 0.5) is 11.4 Å². The number of nitrogens with zero attached hydrogens (tertiary/aromatic N) is 1. The molecule has 0 heterocycles. The van der Waals surface area contributed by atoms with E-state index in [0.717, 1.165) is 0 Å². The van der Waals surface area contributed by atoms with Gasteiger partial charge in [0.1, 0.15) is 5.75 Å². The maximum atomic E-state index is 13.4. The predicted molar refractivity (Wildman–Crippen MR) is 113 cm³/mol. The van der Waals surface area contributed by atoms with Gasteiger partial charge < -0.3 is 10.1 Å². The van der Waals surface area contributed by atoms with Gasteiger partial charge in [0.15, 0.2) is 0 Å². The minimum absolute atomic E-state index is 0.0351. The summed E-state index contributed by atoms with van der Waals surface area (Å²) in [6.07, 6.45) is 0.710. The zero-order valence-corrected chi connectivity index (χ0v) is 16.4. The number of rotatable bonds is 4. The smallest absolute Gasteiger partial charge is 0.271 e. The number of amides is 1. The third kappa shape index (κ3) is 2.76. The van der Waals surface area contributed by atoms with E-state index in [0.29, 0.717) is 17.9 Å². The van der Waals surface area contributed by atoms with Crippen LogP contribution in [0.15, 0.2) is 66.7 Å². The number of hydrogen-bond donors (Lipinski definition) is 1. The van der Waals surface area contributed by atoms with Crippen molar-refractivity contribution < 1.29 is 14.5 Å². The Bertz CT molecular complexity index is 1130. The van der Waals surface area contributed by atoms with Crippen LogP contribution in [-0.4, -0.2) is 17.9 Å². The molecular formula is C24H20N2O4. The molecule has 0 aliphatic heterocycles. The van der Waals surface area contributed by atoms with Crippen LogP contribution in [0.2, 0.25) is 0 Å². The minimum atomic E-state index is -0.482. The summed E-state index contributed by atoms with van der Waals surface area (Å²) in [6, 6.07) is 20.9. The second-order valence-corrected chi connectivity index (χ2v) is 7.76. The molecule has 1 atom stereocenters. The zero-order chi connectivity index (χ0) is 20.8. The minimum Gasteiger partial charge on any atom is -0.495 e. The first-order valence-electron chi connectivity index (χ1n) is 9.89. The lowest BCUT2D eigenvalue weighted by Crippen LogP contribution is -2.38. The van der Waals surface area contributed by atoms with Crippen molar-refractivity contribution >= 4 is 17.3 Å². The maximum Gasteiger partial charge on any atom is 0.271 e. The number of fused-ring (bicyclic) bond motifs is 1. The fraction of sp³-hybridized carbons (Fsp3) is 0.208. The van der Waals surface area contributed by atoms with E-state index in [1.54, 1.807) is 0 Å². The molecular weight excluding hydrogens is 380 g/mol. The van der Waals surface area contributed by atoms with Gasteiger partial charge in [-0.1, -0.05) is 48.5 Å². The quantitative estimate of drug-likeness (QED) is 0.502. The normalized spacial score (nSPS) is 20.8. The van der Waals surface area contributed by atoms with Gasteiger partial charge in [-0.15, -0.1) is 0 Å². The van der Waals surface area contributed by atoms with Crippen LogP contribution in [0.25, 0.3) is 0 Å². The summed E-state index contributed by atoms with van der Waals surface area (Å²) in [5.41, 5.74) is 5.19. The highest BCUT2D eigenvalue weighted by atomic mass is 16.6. The Morgan fingerprint density at radius 1 is 1.00 bits per heavy atom. The number of anilines is 1. The molecule has 30 heavy (non-hydrogen) atoms. The molecule has 0 saturated carbocycles. The van der Waals surface area contributed by atoms with E-state index < -0.39 is 4.92 Å². The molecule has 0 saturated heterocycles. The third-order valence-corrected chi connectivity index (χ3v) is 6.29. The number of benzene rings is 3. The van der Waals surface area contributed by atoms with Crippen molar-refractivity contribution in [1.82, 2.24) is 0 Å². The number of carbonyl (C=O) groups excluding carboxylic acids is 1. The molecule has 3 aromatic rings. The number of methoxy groups -OCH3 is 1. The molecule has 150 valence electrons. The van der Waals surface area contributed by atoms with Crippen molar-refractivity contribution in [1.29, 1.82) is 0 Å². The molecule has 0 radical (unpaired) electrons. The van der Waals surface area contributed by atoms with Crippen LogP contribution >= 0.6 is 0 Å². The van der Waals surface area contributed by atoms with E-state index in [9.17, 15) is 14.9 Å². The first-order valence-corrected chi connectivity index (χ1v) is 9.89. The Kier molecular flexibility index (Phi) is 4.28. The first-order chi connectivity index (χ1) is 14.6. The number of ether oxygens (including phenoxy) is 1. The average molecular weight is 400 g/mol. The molecule has 3 aliphatic rings. The van der Waals surface area contributed by atoms with Crippen LogP contribution < -0.4 is 10.1 Å². The molecule has 1 N–H and O–H groups in total. The van der Waals surface area contributed by atoms with Crippen LogP contribution in [0.1, 0.15) is 40.5 Å². The molecule has 0 spiro atoms. The third-order valence-electron chi connectivity index (χ3n) is 6.29. The van der Waals surface area contributed by atoms with Gasteiger partial charge in [-0.05, 0) is 34.7 Å². The number of nitro groups is 1. The maximum absolute atomic E-state index is 13.4. The van der Waals surface area contributed by atoms with E-state index in [1.165, 1.54) is 47.6 Å². The Labute approximate surface area is 173 Å². The van der Waals surface area contributed by atoms with Gasteiger partial charge in [0, 0.05) is 24.0 Å². The van der Waals surface area contributed by atoms with Crippen LogP contribution in [-0.2, 0) is 4.79 Å². The number of nitrogens with one attached hydrogen (secondary N) is 1. The second-order valence-electron chi connectivity index (χ2n) is 7.76. The van der Waals surface area contributed by atoms with E-state index in [1.807, 2.05) is 24.3 Å². The van der Waals surface area contributed by atoms with Crippen molar-refractivity contribution in [2.24, 2.45) is 5.92 Å². The highest BCUT2D eigenvalue weighted by Gasteiger charge is 2.46. The summed E-state index contributed by atoms with van der Waals surface area (Å²) < 4.78 is 5.31.